The molecule has 1 aliphatic heterocycles. The fraction of sp³-hybridized carbons (Fsp3) is 0.300. The maximum atomic E-state index is 12.7. The van der Waals surface area contributed by atoms with E-state index >= 15 is 0 Å². The fourth-order valence-electron chi connectivity index (χ4n) is 3.06. The lowest BCUT2D eigenvalue weighted by atomic mass is 10.0. The molecule has 2 aromatic rings. The van der Waals surface area contributed by atoms with E-state index in [0.717, 1.165) is 10.5 Å². The van der Waals surface area contributed by atoms with Crippen molar-refractivity contribution in [2.75, 3.05) is 25.5 Å². The SMILES string of the molecule is COc1ccc(C)cc1NC(=O)CNC(=O)CN1C(=O)NC(C)(c2cccs2)C1=O. The first kappa shape index (κ1) is 21.3. The van der Waals surface area contributed by atoms with Crippen LogP contribution in [-0.4, -0.2) is 48.9 Å². The smallest absolute Gasteiger partial charge is 0.325 e. The van der Waals surface area contributed by atoms with E-state index < -0.39 is 35.8 Å². The van der Waals surface area contributed by atoms with E-state index in [4.69, 9.17) is 4.74 Å². The summed E-state index contributed by atoms with van der Waals surface area (Å²) in [6, 6.07) is 8.19. The highest BCUT2D eigenvalue weighted by Gasteiger charge is 2.50. The minimum absolute atomic E-state index is 0.318. The third kappa shape index (κ3) is 4.28. The summed E-state index contributed by atoms with van der Waals surface area (Å²) in [5.74, 6) is -1.11. The van der Waals surface area contributed by atoms with E-state index in [2.05, 4.69) is 16.0 Å². The van der Waals surface area contributed by atoms with Gasteiger partial charge in [0, 0.05) is 4.88 Å². The number of aryl methyl sites for hydroxylation is 1. The van der Waals surface area contributed by atoms with Gasteiger partial charge in [0.2, 0.25) is 11.8 Å². The minimum atomic E-state index is -1.20. The lowest BCUT2D eigenvalue weighted by Gasteiger charge is -2.20. The Morgan fingerprint density at radius 3 is 2.67 bits per heavy atom. The zero-order chi connectivity index (χ0) is 21.9. The van der Waals surface area contributed by atoms with Crippen LogP contribution in [-0.2, 0) is 19.9 Å². The van der Waals surface area contributed by atoms with Crippen LogP contribution in [0.25, 0.3) is 0 Å². The summed E-state index contributed by atoms with van der Waals surface area (Å²) >= 11 is 1.34. The average Bonchev–Trinajstić information content (AvgIpc) is 3.31. The second-order valence-electron chi connectivity index (χ2n) is 6.95. The minimum Gasteiger partial charge on any atom is -0.495 e. The highest BCUT2D eigenvalue weighted by Crippen LogP contribution is 2.31. The third-order valence-electron chi connectivity index (χ3n) is 4.67. The summed E-state index contributed by atoms with van der Waals surface area (Å²) in [6.07, 6.45) is 0. The van der Waals surface area contributed by atoms with Crippen LogP contribution in [0.5, 0.6) is 5.75 Å². The Kier molecular flexibility index (Phi) is 6.06. The van der Waals surface area contributed by atoms with E-state index in [1.807, 2.05) is 13.0 Å². The second kappa shape index (κ2) is 8.54. The fourth-order valence-corrected chi connectivity index (χ4v) is 3.90. The van der Waals surface area contributed by atoms with Crippen LogP contribution in [0.15, 0.2) is 35.7 Å². The predicted octanol–water partition coefficient (Wildman–Crippen LogP) is 1.59. The molecule has 1 atom stereocenters. The Hall–Kier alpha value is -3.40. The first-order chi connectivity index (χ1) is 14.2. The number of thiophene rings is 1. The molecule has 3 rings (SSSR count). The Morgan fingerprint density at radius 1 is 1.23 bits per heavy atom. The van der Waals surface area contributed by atoms with E-state index in [-0.39, 0.29) is 6.54 Å². The number of nitrogens with one attached hydrogen (secondary N) is 3. The molecule has 30 heavy (non-hydrogen) atoms. The largest absolute Gasteiger partial charge is 0.495 e. The number of urea groups is 1. The zero-order valence-corrected chi connectivity index (χ0v) is 17.6. The first-order valence-electron chi connectivity index (χ1n) is 9.14. The van der Waals surface area contributed by atoms with Crippen molar-refractivity contribution in [2.24, 2.45) is 0 Å². The molecular formula is C20H22N4O5S. The molecule has 10 heteroatoms. The monoisotopic (exact) mass is 430 g/mol. The van der Waals surface area contributed by atoms with Crippen LogP contribution in [0.1, 0.15) is 17.4 Å². The summed E-state index contributed by atoms with van der Waals surface area (Å²) in [5.41, 5.74) is 0.213. The number of hydrogen-bond acceptors (Lipinski definition) is 6. The Labute approximate surface area is 177 Å². The Bertz CT molecular complexity index is 991. The number of benzene rings is 1. The van der Waals surface area contributed by atoms with E-state index in [1.165, 1.54) is 18.4 Å². The van der Waals surface area contributed by atoms with Gasteiger partial charge in [-0.25, -0.2) is 4.79 Å². The number of imide groups is 1. The summed E-state index contributed by atoms with van der Waals surface area (Å²) in [6.45, 7) is 2.67. The van der Waals surface area contributed by atoms with Crippen molar-refractivity contribution in [3.63, 3.8) is 0 Å². The molecule has 5 amide bonds. The number of anilines is 1. The number of hydrogen-bond donors (Lipinski definition) is 3. The number of rotatable bonds is 7. The van der Waals surface area contributed by atoms with Crippen molar-refractivity contribution < 1.29 is 23.9 Å². The van der Waals surface area contributed by atoms with Crippen molar-refractivity contribution in [3.05, 3.63) is 46.2 Å². The van der Waals surface area contributed by atoms with Crippen LogP contribution < -0.4 is 20.7 Å². The van der Waals surface area contributed by atoms with Crippen molar-refractivity contribution >= 4 is 40.8 Å². The van der Waals surface area contributed by atoms with Crippen molar-refractivity contribution in [1.82, 2.24) is 15.5 Å². The molecule has 1 aromatic heterocycles. The zero-order valence-electron chi connectivity index (χ0n) is 16.8. The molecule has 0 radical (unpaired) electrons. The third-order valence-corrected chi connectivity index (χ3v) is 5.76. The molecule has 1 aromatic carbocycles. The molecule has 0 bridgehead atoms. The number of amides is 5. The summed E-state index contributed by atoms with van der Waals surface area (Å²) in [5, 5.41) is 9.52. The van der Waals surface area contributed by atoms with Crippen molar-refractivity contribution in [2.45, 2.75) is 19.4 Å². The number of ether oxygens (including phenoxy) is 1. The average molecular weight is 430 g/mol. The van der Waals surface area contributed by atoms with Gasteiger partial charge in [0.1, 0.15) is 12.3 Å². The number of methoxy groups -OCH3 is 1. The maximum absolute atomic E-state index is 12.7. The van der Waals surface area contributed by atoms with Gasteiger partial charge in [0.25, 0.3) is 5.91 Å². The molecule has 1 unspecified atom stereocenters. The molecule has 158 valence electrons. The van der Waals surface area contributed by atoms with Crippen LogP contribution in [0.4, 0.5) is 10.5 Å². The molecule has 1 aliphatic rings. The van der Waals surface area contributed by atoms with Crippen LogP contribution >= 0.6 is 11.3 Å². The van der Waals surface area contributed by atoms with Gasteiger partial charge in [-0.05, 0) is 43.0 Å². The van der Waals surface area contributed by atoms with Crippen LogP contribution in [0.3, 0.4) is 0 Å². The van der Waals surface area contributed by atoms with Gasteiger partial charge in [0.15, 0.2) is 5.54 Å². The molecule has 3 N–H and O–H groups in total. The van der Waals surface area contributed by atoms with Gasteiger partial charge in [-0.15, -0.1) is 11.3 Å². The van der Waals surface area contributed by atoms with Gasteiger partial charge >= 0.3 is 6.03 Å². The van der Waals surface area contributed by atoms with E-state index in [9.17, 15) is 19.2 Å². The van der Waals surface area contributed by atoms with E-state index in [1.54, 1.807) is 36.6 Å². The highest BCUT2D eigenvalue weighted by molar-refractivity contribution is 7.10. The van der Waals surface area contributed by atoms with E-state index in [0.29, 0.717) is 16.3 Å². The molecule has 0 spiro atoms. The van der Waals surface area contributed by atoms with Gasteiger partial charge in [0.05, 0.1) is 19.3 Å². The number of carbonyl (C=O) groups excluding carboxylic acids is 4. The van der Waals surface area contributed by atoms with Crippen LogP contribution in [0.2, 0.25) is 0 Å². The number of nitrogens with zero attached hydrogens (tertiary/aromatic N) is 1. The summed E-state index contributed by atoms with van der Waals surface area (Å²) in [7, 11) is 1.49. The first-order valence-corrected chi connectivity index (χ1v) is 10.0. The lowest BCUT2D eigenvalue weighted by molar-refractivity contribution is -0.134. The van der Waals surface area contributed by atoms with Crippen molar-refractivity contribution in [3.8, 4) is 5.75 Å². The van der Waals surface area contributed by atoms with Gasteiger partial charge in [-0.1, -0.05) is 12.1 Å². The van der Waals surface area contributed by atoms with Gasteiger partial charge in [-0.2, -0.15) is 0 Å². The Balaban J connectivity index is 1.56. The summed E-state index contributed by atoms with van der Waals surface area (Å²) in [4.78, 5) is 50.9. The molecular weight excluding hydrogens is 408 g/mol. The normalized spacial score (nSPS) is 18.2. The van der Waals surface area contributed by atoms with Crippen LogP contribution in [0, 0.1) is 6.92 Å². The van der Waals surface area contributed by atoms with Gasteiger partial charge in [-0.3, -0.25) is 19.3 Å². The molecule has 9 nitrogen and oxygen atoms in total. The molecule has 2 heterocycles. The van der Waals surface area contributed by atoms with Gasteiger partial charge < -0.3 is 20.7 Å². The predicted molar refractivity (Wildman–Crippen MR) is 111 cm³/mol. The topological polar surface area (TPSA) is 117 Å². The summed E-state index contributed by atoms with van der Waals surface area (Å²) < 4.78 is 5.20. The highest BCUT2D eigenvalue weighted by atomic mass is 32.1. The molecule has 0 saturated carbocycles. The molecule has 0 aliphatic carbocycles. The standard InChI is InChI=1S/C20H22N4O5S/c1-12-6-7-14(29-3)13(9-12)22-16(25)10-21-17(26)11-24-18(27)20(2,23-19(24)28)15-5-4-8-30-15/h4-9H,10-11H2,1-3H3,(H,21,26)(H,22,25)(H,23,28). The molecule has 1 saturated heterocycles. The lowest BCUT2D eigenvalue weighted by Crippen LogP contribution is -2.44. The number of carbonyl (C=O) groups is 4. The Morgan fingerprint density at radius 2 is 2.00 bits per heavy atom. The van der Waals surface area contributed by atoms with Crippen molar-refractivity contribution in [1.29, 1.82) is 0 Å². The molecule has 1 fully saturated rings. The maximum Gasteiger partial charge on any atom is 0.325 e. The quantitative estimate of drug-likeness (QED) is 0.577. The second-order valence-corrected chi connectivity index (χ2v) is 7.90.